The maximum atomic E-state index is 17.0. The molecule has 5 aliphatic rings. The number of carbonyl (C=O) groups is 2. The van der Waals surface area contributed by atoms with Crippen molar-refractivity contribution in [1.82, 2.24) is 15.4 Å². The quantitative estimate of drug-likeness (QED) is 0.135. The van der Waals surface area contributed by atoms with Crippen LogP contribution in [0.1, 0.15) is 124 Å². The van der Waals surface area contributed by atoms with Crippen LogP contribution in [0.5, 0.6) is 11.6 Å². The van der Waals surface area contributed by atoms with Gasteiger partial charge in [-0.2, -0.15) is 0 Å². The molecule has 1 aliphatic heterocycles. The lowest BCUT2D eigenvalue weighted by Gasteiger charge is -2.55. The van der Waals surface area contributed by atoms with Gasteiger partial charge in [-0.25, -0.2) is 4.39 Å². The standard InChI is InChI=1S/C40H56FN3O7Si/c1-10-12-16-48-34-24-18-21-14-15-42-31(21)27(24)30(41)23-19-22-20-25-32(44(6)7)35-29(38(43-50-35)49-17-13-11-2)37(47)40(25,51-52(8,9)39(3,4)5)36(46)26(22)33(45)28(23)34/h21-22,25,31-32,42,45H,10-20H2,1-9H3/t21-,22-,25-,31-,32-,40-/m0/s1. The van der Waals surface area contributed by atoms with Crippen molar-refractivity contribution in [1.29, 1.82) is 0 Å². The number of benzene rings is 1. The van der Waals surface area contributed by atoms with Gasteiger partial charge in [0.15, 0.2) is 19.7 Å². The van der Waals surface area contributed by atoms with Crippen LogP contribution in [-0.2, 0) is 22.1 Å². The predicted molar refractivity (Wildman–Crippen MR) is 198 cm³/mol. The van der Waals surface area contributed by atoms with Gasteiger partial charge in [-0.15, -0.1) is 0 Å². The van der Waals surface area contributed by atoms with Crippen molar-refractivity contribution in [3.63, 3.8) is 0 Å². The van der Waals surface area contributed by atoms with Crippen molar-refractivity contribution in [3.8, 4) is 11.6 Å². The van der Waals surface area contributed by atoms with Crippen LogP contribution in [0.3, 0.4) is 0 Å². The molecule has 1 aromatic carbocycles. The molecule has 0 amide bonds. The number of fused-ring (bicyclic) bond motifs is 7. The number of ketones is 2. The van der Waals surface area contributed by atoms with E-state index in [1.165, 1.54) is 0 Å². The number of aromatic nitrogens is 1. The number of aliphatic hydroxyl groups is 1. The molecule has 7 rings (SSSR count). The van der Waals surface area contributed by atoms with Gasteiger partial charge in [-0.1, -0.05) is 47.5 Å². The molecular formula is C40H56FN3O7Si. The van der Waals surface area contributed by atoms with Crippen molar-refractivity contribution in [2.75, 3.05) is 33.9 Å². The Hall–Kier alpha value is -3.06. The Morgan fingerprint density at radius 1 is 1.04 bits per heavy atom. The van der Waals surface area contributed by atoms with Gasteiger partial charge in [-0.3, -0.25) is 14.5 Å². The zero-order chi connectivity index (χ0) is 37.5. The van der Waals surface area contributed by atoms with E-state index in [0.29, 0.717) is 42.3 Å². The van der Waals surface area contributed by atoms with Crippen LogP contribution in [0, 0.1) is 23.6 Å². The van der Waals surface area contributed by atoms with E-state index in [2.05, 4.69) is 38.2 Å². The second-order valence-electron chi connectivity index (χ2n) is 17.4. The minimum Gasteiger partial charge on any atom is -0.507 e. The maximum Gasteiger partial charge on any atom is 0.265 e. The van der Waals surface area contributed by atoms with Gasteiger partial charge in [0.1, 0.15) is 22.9 Å². The molecule has 4 aliphatic carbocycles. The first-order valence-corrected chi connectivity index (χ1v) is 22.3. The number of nitrogens with one attached hydrogen (secondary N) is 1. The second-order valence-corrected chi connectivity index (χ2v) is 22.1. The highest BCUT2D eigenvalue weighted by molar-refractivity contribution is 6.74. The molecule has 12 heteroatoms. The van der Waals surface area contributed by atoms with E-state index in [1.807, 2.05) is 39.0 Å². The highest BCUT2D eigenvalue weighted by Gasteiger charge is 2.69. The highest BCUT2D eigenvalue weighted by atomic mass is 28.4. The second kappa shape index (κ2) is 13.4. The van der Waals surface area contributed by atoms with Crippen LogP contribution < -0.4 is 14.8 Å². The third-order valence-corrected chi connectivity index (χ3v) is 17.4. The normalized spacial score (nSPS) is 28.0. The maximum absolute atomic E-state index is 17.0. The lowest BCUT2D eigenvalue weighted by atomic mass is 9.57. The van der Waals surface area contributed by atoms with Crippen LogP contribution in [0.4, 0.5) is 4.39 Å². The summed E-state index contributed by atoms with van der Waals surface area (Å²) < 4.78 is 42.7. The zero-order valence-corrected chi connectivity index (χ0v) is 33.3. The SMILES string of the molecule is CCCCOc1noc2c1C(=O)[C@@]1(O[Si](C)(C)C(C)(C)C)C(=O)C3=C(O)c4c(c(F)c5c(c4OCCCC)C[C@@H]4CCN[C@H]54)C[C@H]3C[C@H]1[C@@H]2N(C)C. The largest absolute Gasteiger partial charge is 0.507 e. The number of halogens is 1. The van der Waals surface area contributed by atoms with Gasteiger partial charge in [0, 0.05) is 34.2 Å². The van der Waals surface area contributed by atoms with Crippen LogP contribution in [0.2, 0.25) is 18.1 Å². The summed E-state index contributed by atoms with van der Waals surface area (Å²) in [6, 6.07) is -0.684. The zero-order valence-electron chi connectivity index (χ0n) is 32.3. The van der Waals surface area contributed by atoms with Crippen molar-refractivity contribution in [2.24, 2.45) is 17.8 Å². The molecule has 2 heterocycles. The summed E-state index contributed by atoms with van der Waals surface area (Å²) in [7, 11) is 0.901. The molecule has 0 spiro atoms. The summed E-state index contributed by atoms with van der Waals surface area (Å²) in [5.74, 6) is -1.88. The molecule has 0 radical (unpaired) electrons. The number of Topliss-reactive ketones (excluding diaryl/α,β-unsaturated/α-hetero) is 2. The van der Waals surface area contributed by atoms with Crippen molar-refractivity contribution in [3.05, 3.63) is 45.0 Å². The van der Waals surface area contributed by atoms with E-state index in [4.69, 9.17) is 18.4 Å². The number of rotatable bonds is 11. The van der Waals surface area contributed by atoms with Gasteiger partial charge in [0.05, 0.1) is 24.8 Å². The molecule has 2 fully saturated rings. The Morgan fingerprint density at radius 2 is 1.73 bits per heavy atom. The Balaban J connectivity index is 1.46. The number of ether oxygens (including phenoxy) is 2. The number of carbonyl (C=O) groups excluding carboxylic acids is 2. The minimum absolute atomic E-state index is 0.0578. The topological polar surface area (TPSA) is 123 Å². The Bertz CT molecular complexity index is 1810. The fourth-order valence-electron chi connectivity index (χ4n) is 9.27. The van der Waals surface area contributed by atoms with Crippen molar-refractivity contribution < 1.29 is 37.5 Å². The number of nitrogens with zero attached hydrogens (tertiary/aromatic N) is 2. The van der Waals surface area contributed by atoms with E-state index in [-0.39, 0.29) is 64.0 Å². The van der Waals surface area contributed by atoms with E-state index >= 15 is 14.0 Å². The molecule has 1 aromatic heterocycles. The minimum atomic E-state index is -2.87. The molecular weight excluding hydrogens is 682 g/mol. The molecule has 2 N–H and O–H groups in total. The van der Waals surface area contributed by atoms with Crippen molar-refractivity contribution in [2.45, 2.75) is 122 Å². The van der Waals surface area contributed by atoms with Gasteiger partial charge in [0.2, 0.25) is 11.6 Å². The van der Waals surface area contributed by atoms with E-state index in [0.717, 1.165) is 44.2 Å². The average molecular weight is 738 g/mol. The molecule has 2 aromatic rings. The molecule has 6 atom stereocenters. The van der Waals surface area contributed by atoms with Crippen LogP contribution >= 0.6 is 0 Å². The van der Waals surface area contributed by atoms with Crippen LogP contribution in [0.15, 0.2) is 10.1 Å². The fraction of sp³-hybridized carbons (Fsp3) is 0.675. The van der Waals surface area contributed by atoms with Gasteiger partial charge in [-0.05, 0) is 94.3 Å². The summed E-state index contributed by atoms with van der Waals surface area (Å²) in [4.78, 5) is 33.0. The van der Waals surface area contributed by atoms with E-state index < -0.39 is 43.4 Å². The van der Waals surface area contributed by atoms with Gasteiger partial charge >= 0.3 is 0 Å². The monoisotopic (exact) mass is 737 g/mol. The van der Waals surface area contributed by atoms with E-state index in [1.54, 1.807) is 0 Å². The third kappa shape index (κ3) is 5.44. The molecule has 1 saturated heterocycles. The smallest absolute Gasteiger partial charge is 0.265 e. The van der Waals surface area contributed by atoms with Crippen molar-refractivity contribution >= 4 is 25.6 Å². The van der Waals surface area contributed by atoms with Crippen LogP contribution in [-0.4, -0.2) is 74.5 Å². The first-order chi connectivity index (χ1) is 24.6. The lowest BCUT2D eigenvalue weighted by Crippen LogP contribution is -2.68. The van der Waals surface area contributed by atoms with Gasteiger partial charge < -0.3 is 28.8 Å². The summed E-state index contributed by atoms with van der Waals surface area (Å²) in [5.41, 5.74) is 0.315. The number of hydrogen-bond acceptors (Lipinski definition) is 10. The summed E-state index contributed by atoms with van der Waals surface area (Å²) in [5, 5.41) is 19.9. The first kappa shape index (κ1) is 37.3. The first-order valence-electron chi connectivity index (χ1n) is 19.4. The fourth-order valence-corrected chi connectivity index (χ4v) is 10.7. The molecule has 1 saturated carbocycles. The summed E-state index contributed by atoms with van der Waals surface area (Å²) in [6.07, 6.45) is 5.38. The third-order valence-electron chi connectivity index (χ3n) is 12.9. The summed E-state index contributed by atoms with van der Waals surface area (Å²) in [6.45, 7) is 16.0. The Labute approximate surface area is 307 Å². The molecule has 52 heavy (non-hydrogen) atoms. The molecule has 0 bridgehead atoms. The highest BCUT2D eigenvalue weighted by Crippen LogP contribution is 2.60. The van der Waals surface area contributed by atoms with E-state index in [9.17, 15) is 5.11 Å². The predicted octanol–water partition coefficient (Wildman–Crippen LogP) is 7.67. The number of unbranched alkanes of at least 4 members (excludes halogenated alkanes) is 2. The van der Waals surface area contributed by atoms with Crippen LogP contribution in [0.25, 0.3) is 5.76 Å². The number of hydrogen-bond donors (Lipinski definition) is 2. The van der Waals surface area contributed by atoms with Gasteiger partial charge in [0.25, 0.3) is 5.88 Å². The molecule has 10 nitrogen and oxygen atoms in total. The summed E-state index contributed by atoms with van der Waals surface area (Å²) >= 11 is 0. The Morgan fingerprint density at radius 3 is 2.38 bits per heavy atom. The average Bonchev–Trinajstić information content (AvgIpc) is 3.79. The lowest BCUT2D eigenvalue weighted by molar-refractivity contribution is -0.140. The molecule has 0 unspecified atom stereocenters. The number of aliphatic hydroxyl groups excluding tert-OH is 1. The molecule has 284 valence electrons. The Kier molecular flexibility index (Phi) is 9.57.